The number of carbonyl (C=O) groups is 3. The molecular formula is C23H33N3O3S. The lowest BCUT2D eigenvalue weighted by atomic mass is 9.81. The van der Waals surface area contributed by atoms with Crippen molar-refractivity contribution in [1.29, 1.82) is 0 Å². The first kappa shape index (κ1) is 21.5. The zero-order chi connectivity index (χ0) is 21.1. The van der Waals surface area contributed by atoms with Gasteiger partial charge in [0.2, 0.25) is 17.7 Å². The highest BCUT2D eigenvalue weighted by Gasteiger charge is 2.47. The van der Waals surface area contributed by atoms with E-state index in [2.05, 4.69) is 34.7 Å². The minimum Gasteiger partial charge on any atom is -0.354 e. The molecule has 0 unspecified atom stereocenters. The second-order valence-electron chi connectivity index (χ2n) is 9.13. The summed E-state index contributed by atoms with van der Waals surface area (Å²) in [6.07, 6.45) is 6.24. The van der Waals surface area contributed by atoms with Crippen LogP contribution in [0.4, 0.5) is 0 Å². The Morgan fingerprint density at radius 3 is 2.40 bits per heavy atom. The van der Waals surface area contributed by atoms with Crippen molar-refractivity contribution in [3.63, 3.8) is 0 Å². The highest BCUT2D eigenvalue weighted by molar-refractivity contribution is 7.10. The summed E-state index contributed by atoms with van der Waals surface area (Å²) in [7, 11) is 0. The third kappa shape index (κ3) is 4.62. The minimum absolute atomic E-state index is 0.0589. The van der Waals surface area contributed by atoms with Gasteiger partial charge < -0.3 is 5.32 Å². The first-order chi connectivity index (χ1) is 14.5. The Bertz CT molecular complexity index is 734. The molecule has 3 heterocycles. The summed E-state index contributed by atoms with van der Waals surface area (Å²) >= 11 is 1.73. The molecule has 2 aliphatic heterocycles. The van der Waals surface area contributed by atoms with Crippen molar-refractivity contribution in [2.75, 3.05) is 26.2 Å². The van der Waals surface area contributed by atoms with Crippen molar-refractivity contribution in [3.8, 4) is 0 Å². The number of carbonyl (C=O) groups excluding carboxylic acids is 3. The van der Waals surface area contributed by atoms with Gasteiger partial charge in [-0.3, -0.25) is 24.2 Å². The van der Waals surface area contributed by atoms with Gasteiger partial charge in [0.15, 0.2) is 0 Å². The van der Waals surface area contributed by atoms with Crippen LogP contribution in [0.1, 0.15) is 62.8 Å². The van der Waals surface area contributed by atoms with Gasteiger partial charge in [-0.1, -0.05) is 25.8 Å². The molecule has 1 saturated carbocycles. The predicted molar refractivity (Wildman–Crippen MR) is 117 cm³/mol. The van der Waals surface area contributed by atoms with E-state index < -0.39 is 0 Å². The lowest BCUT2D eigenvalue weighted by molar-refractivity contribution is -0.140. The Hall–Kier alpha value is -1.73. The fourth-order valence-corrected chi connectivity index (χ4v) is 6.06. The summed E-state index contributed by atoms with van der Waals surface area (Å²) in [5, 5.41) is 5.16. The monoisotopic (exact) mass is 431 g/mol. The maximum absolute atomic E-state index is 12.6. The summed E-state index contributed by atoms with van der Waals surface area (Å²) in [6, 6.07) is 4.40. The van der Waals surface area contributed by atoms with E-state index in [4.69, 9.17) is 0 Å². The second kappa shape index (κ2) is 9.60. The molecule has 4 rings (SSSR count). The average molecular weight is 432 g/mol. The summed E-state index contributed by atoms with van der Waals surface area (Å²) < 4.78 is 0. The summed E-state index contributed by atoms with van der Waals surface area (Å²) in [5.41, 5.74) is 0. The number of thiophene rings is 1. The van der Waals surface area contributed by atoms with Crippen LogP contribution in [0, 0.1) is 17.8 Å². The van der Waals surface area contributed by atoms with Gasteiger partial charge in [-0.2, -0.15) is 0 Å². The number of piperidine rings is 1. The third-order valence-electron chi connectivity index (χ3n) is 7.12. The molecule has 6 nitrogen and oxygen atoms in total. The van der Waals surface area contributed by atoms with E-state index in [1.54, 1.807) is 11.3 Å². The molecule has 164 valence electrons. The second-order valence-corrected chi connectivity index (χ2v) is 10.1. The third-order valence-corrected chi connectivity index (χ3v) is 8.09. The van der Waals surface area contributed by atoms with Crippen LogP contribution < -0.4 is 5.32 Å². The molecule has 3 atom stereocenters. The maximum atomic E-state index is 12.6. The number of hydrogen-bond acceptors (Lipinski definition) is 5. The molecule has 30 heavy (non-hydrogen) atoms. The van der Waals surface area contributed by atoms with Crippen molar-refractivity contribution in [3.05, 3.63) is 22.4 Å². The molecule has 1 aromatic rings. The quantitative estimate of drug-likeness (QED) is 0.673. The first-order valence-corrected chi connectivity index (χ1v) is 12.3. The zero-order valence-electron chi connectivity index (χ0n) is 17.8. The fourth-order valence-electron chi connectivity index (χ4n) is 5.19. The van der Waals surface area contributed by atoms with E-state index in [1.807, 2.05) is 0 Å². The number of hydrogen-bond donors (Lipinski definition) is 1. The van der Waals surface area contributed by atoms with Gasteiger partial charge in [0.1, 0.15) is 0 Å². The molecule has 3 fully saturated rings. The van der Waals surface area contributed by atoms with E-state index in [0.29, 0.717) is 6.54 Å². The van der Waals surface area contributed by atoms with Crippen LogP contribution in [0.2, 0.25) is 0 Å². The summed E-state index contributed by atoms with van der Waals surface area (Å²) in [6.45, 7) is 5.19. The smallest absolute Gasteiger partial charge is 0.233 e. The van der Waals surface area contributed by atoms with E-state index >= 15 is 0 Å². The van der Waals surface area contributed by atoms with Gasteiger partial charge in [-0.15, -0.1) is 11.3 Å². The number of amides is 3. The summed E-state index contributed by atoms with van der Waals surface area (Å²) in [4.78, 5) is 42.8. The topological polar surface area (TPSA) is 69.7 Å². The molecule has 0 bridgehead atoms. The van der Waals surface area contributed by atoms with Crippen LogP contribution in [-0.4, -0.2) is 53.7 Å². The van der Waals surface area contributed by atoms with Gasteiger partial charge in [-0.05, 0) is 56.1 Å². The van der Waals surface area contributed by atoms with Crippen LogP contribution in [0.15, 0.2) is 17.5 Å². The number of nitrogens with one attached hydrogen (secondary N) is 1. The van der Waals surface area contributed by atoms with Gasteiger partial charge in [-0.25, -0.2) is 0 Å². The number of likely N-dealkylation sites (tertiary alicyclic amines) is 2. The Kier molecular flexibility index (Phi) is 6.88. The molecule has 3 aliphatic rings. The Morgan fingerprint density at radius 1 is 1.13 bits per heavy atom. The maximum Gasteiger partial charge on any atom is 0.233 e. The molecule has 7 heteroatoms. The van der Waals surface area contributed by atoms with Crippen molar-refractivity contribution in [2.24, 2.45) is 17.8 Å². The van der Waals surface area contributed by atoms with Gasteiger partial charge in [0, 0.05) is 24.4 Å². The van der Waals surface area contributed by atoms with Gasteiger partial charge in [0.05, 0.1) is 17.9 Å². The molecule has 0 radical (unpaired) electrons. The highest BCUT2D eigenvalue weighted by Crippen LogP contribution is 2.38. The van der Waals surface area contributed by atoms with Crippen LogP contribution in [0.25, 0.3) is 0 Å². The van der Waals surface area contributed by atoms with Crippen LogP contribution in [0.5, 0.6) is 0 Å². The molecule has 0 spiro atoms. The molecule has 1 aromatic heterocycles. The molecule has 1 N–H and O–H groups in total. The molecule has 0 aromatic carbocycles. The first-order valence-electron chi connectivity index (χ1n) is 11.4. The lowest BCUT2D eigenvalue weighted by Gasteiger charge is -2.36. The van der Waals surface area contributed by atoms with Crippen molar-refractivity contribution in [1.82, 2.24) is 15.1 Å². The average Bonchev–Trinajstić information content (AvgIpc) is 3.36. The van der Waals surface area contributed by atoms with E-state index in [0.717, 1.165) is 44.7 Å². The van der Waals surface area contributed by atoms with Crippen LogP contribution >= 0.6 is 11.3 Å². The number of nitrogens with zero attached hydrogens (tertiary/aromatic N) is 2. The normalized spacial score (nSPS) is 26.6. The lowest BCUT2D eigenvalue weighted by Crippen LogP contribution is -2.42. The van der Waals surface area contributed by atoms with Crippen molar-refractivity contribution in [2.45, 2.75) is 57.9 Å². The van der Waals surface area contributed by atoms with Crippen LogP contribution in [0.3, 0.4) is 0 Å². The van der Waals surface area contributed by atoms with E-state index in [9.17, 15) is 14.4 Å². The van der Waals surface area contributed by atoms with Gasteiger partial charge >= 0.3 is 0 Å². The number of fused-ring (bicyclic) bond motifs is 1. The highest BCUT2D eigenvalue weighted by atomic mass is 32.1. The zero-order valence-corrected chi connectivity index (χ0v) is 18.7. The SMILES string of the molecule is CC1CCN([C@H](CNC(=O)CCN2C(=O)[C@H]3CCCC[C@@H]3C2=O)c2cccs2)CC1. The largest absolute Gasteiger partial charge is 0.354 e. The van der Waals surface area contributed by atoms with Gasteiger partial charge in [0.25, 0.3) is 0 Å². The minimum atomic E-state index is -0.140. The predicted octanol–water partition coefficient (Wildman–Crippen LogP) is 3.20. The van der Waals surface area contributed by atoms with E-state index in [1.165, 1.54) is 22.6 Å². The van der Waals surface area contributed by atoms with Crippen molar-refractivity contribution < 1.29 is 14.4 Å². The molecular weight excluding hydrogens is 398 g/mol. The van der Waals surface area contributed by atoms with Crippen LogP contribution in [-0.2, 0) is 14.4 Å². The number of rotatable bonds is 7. The molecule has 1 aliphatic carbocycles. The van der Waals surface area contributed by atoms with Crippen molar-refractivity contribution >= 4 is 29.1 Å². The Morgan fingerprint density at radius 2 is 1.80 bits per heavy atom. The number of imide groups is 1. The molecule has 2 saturated heterocycles. The molecule has 3 amide bonds. The standard InChI is InChI=1S/C23H33N3O3S/c1-16-8-11-25(12-9-16)19(20-7-4-14-30-20)15-24-21(27)10-13-26-22(28)17-5-2-3-6-18(17)23(26)29/h4,7,14,16-19H,2-3,5-6,8-13,15H2,1H3,(H,24,27)/t17-,18-,19+/m0/s1. The summed E-state index contributed by atoms with van der Waals surface area (Å²) in [5.74, 6) is 0.280. The Balaban J connectivity index is 1.30. The Labute approximate surface area is 183 Å². The fraction of sp³-hybridized carbons (Fsp3) is 0.696. The van der Waals surface area contributed by atoms with E-state index in [-0.39, 0.29) is 48.6 Å².